The van der Waals surface area contributed by atoms with Gasteiger partial charge < -0.3 is 52.0 Å². The first-order chi connectivity index (χ1) is 31.1. The number of anilines is 1. The predicted octanol–water partition coefficient (Wildman–Crippen LogP) is 3.21. The van der Waals surface area contributed by atoms with Crippen molar-refractivity contribution in [2.24, 2.45) is 11.8 Å². The Bertz CT molecular complexity index is 1940. The summed E-state index contributed by atoms with van der Waals surface area (Å²) in [5.74, 6) is -3.88. The van der Waals surface area contributed by atoms with Crippen LogP contribution in [-0.2, 0) is 51.3 Å². The maximum Gasteiger partial charge on any atom is 0.407 e. The number of alkyl carbamates (subject to hydrolysis) is 1. The van der Waals surface area contributed by atoms with Gasteiger partial charge in [-0.1, -0.05) is 70.2 Å². The van der Waals surface area contributed by atoms with Crippen LogP contribution in [0, 0.1) is 11.8 Å². The number of aliphatic hydroxyl groups is 1. The lowest BCUT2D eigenvalue weighted by atomic mass is 10.0. The van der Waals surface area contributed by atoms with Crippen molar-refractivity contribution in [3.05, 3.63) is 65.7 Å². The zero-order valence-electron chi connectivity index (χ0n) is 39.8. The smallest absolute Gasteiger partial charge is 0.407 e. The van der Waals surface area contributed by atoms with Crippen LogP contribution in [0.5, 0.6) is 0 Å². The van der Waals surface area contributed by atoms with Crippen LogP contribution in [0.1, 0.15) is 111 Å². The topological polar surface area (TPSA) is 253 Å². The van der Waals surface area contributed by atoms with Crippen molar-refractivity contribution in [2.75, 3.05) is 25.0 Å². The molecule has 18 heteroatoms. The summed E-state index contributed by atoms with van der Waals surface area (Å²) in [6.07, 6.45) is 1.70. The van der Waals surface area contributed by atoms with Gasteiger partial charge in [0.15, 0.2) is 0 Å². The maximum absolute atomic E-state index is 14.2. The molecule has 8 amide bonds. The number of aryl methyl sites for hydroxylation is 1. The molecule has 1 aliphatic heterocycles. The van der Waals surface area contributed by atoms with Crippen molar-refractivity contribution in [1.29, 1.82) is 0 Å². The minimum atomic E-state index is -1.22. The first-order valence-corrected chi connectivity index (χ1v) is 22.9. The molecule has 66 heavy (non-hydrogen) atoms. The second-order valence-electron chi connectivity index (χ2n) is 18.6. The Kier molecular flexibility index (Phi) is 22.1. The Morgan fingerprint density at radius 3 is 1.88 bits per heavy atom. The fraction of sp³-hybridized carbons (Fsp3) is 0.583. The van der Waals surface area contributed by atoms with Crippen molar-refractivity contribution >= 4 is 53.1 Å². The van der Waals surface area contributed by atoms with Crippen molar-refractivity contribution < 1.29 is 48.2 Å². The summed E-state index contributed by atoms with van der Waals surface area (Å²) < 4.78 is 5.33. The molecule has 0 unspecified atom stereocenters. The number of carbonyl (C=O) groups is 8. The highest BCUT2D eigenvalue weighted by Crippen LogP contribution is 2.19. The van der Waals surface area contributed by atoms with E-state index in [2.05, 4.69) is 37.2 Å². The van der Waals surface area contributed by atoms with Crippen molar-refractivity contribution in [3.8, 4) is 0 Å². The van der Waals surface area contributed by atoms with Crippen LogP contribution >= 0.6 is 0 Å². The summed E-state index contributed by atoms with van der Waals surface area (Å²) >= 11 is 0. The normalized spacial score (nSPS) is 15.4. The molecule has 0 saturated carbocycles. The summed E-state index contributed by atoms with van der Waals surface area (Å²) in [7, 11) is 0. The zero-order chi connectivity index (χ0) is 49.0. The Morgan fingerprint density at radius 2 is 1.30 bits per heavy atom. The molecule has 0 spiro atoms. The van der Waals surface area contributed by atoms with Crippen LogP contribution in [0.4, 0.5) is 10.5 Å². The first-order valence-electron chi connectivity index (χ1n) is 22.9. The number of rotatable bonds is 24. The average molecular weight is 921 g/mol. The summed E-state index contributed by atoms with van der Waals surface area (Å²) in [6, 6.07) is 10.8. The van der Waals surface area contributed by atoms with Gasteiger partial charge in [0.05, 0.1) is 13.2 Å². The molecule has 8 N–H and O–H groups in total. The number of aliphatic hydroxyl groups excluding tert-OH is 1. The third-order valence-electron chi connectivity index (χ3n) is 10.7. The van der Waals surface area contributed by atoms with E-state index >= 15 is 0 Å². The van der Waals surface area contributed by atoms with E-state index < -0.39 is 83.9 Å². The standard InChI is InChI=1S/C48H72N8O10/c1-30(2)26-38(55-46(64)40-17-13-25-56(40)32(5)58)42(60)50-28-41(59)52-37(23-20-33-14-10-9-11-15-33)44(62)53-36(16-12-24-49-47(65)66-48(6,7)8)43(61)54-39(27-31(3)4)45(63)51-35-21-18-34(29-57)19-22-35/h9-11,14-15,18-19,21-22,30-31,36-40,57H,12-13,16-17,20,23-29H2,1-8H3,(H,49,65)(H,50,60)(H,51,63)(H,52,59)(H,53,62)(H,54,61)(H,55,64)/t36-,37-,38-,39-,40-/m0/s1. The molecule has 0 bridgehead atoms. The molecule has 18 nitrogen and oxygen atoms in total. The molecule has 0 aliphatic carbocycles. The number of hydrogen-bond donors (Lipinski definition) is 8. The molecule has 1 heterocycles. The van der Waals surface area contributed by atoms with Crippen LogP contribution < -0.4 is 37.2 Å². The molecule has 2 aromatic rings. The van der Waals surface area contributed by atoms with E-state index in [1.807, 2.05) is 58.0 Å². The molecule has 2 aromatic carbocycles. The van der Waals surface area contributed by atoms with E-state index in [0.717, 1.165) is 5.56 Å². The molecule has 5 atom stereocenters. The molecule has 1 saturated heterocycles. The summed E-state index contributed by atoms with van der Waals surface area (Å²) in [5, 5.41) is 28.5. The fourth-order valence-electron chi connectivity index (χ4n) is 7.40. The maximum atomic E-state index is 14.2. The lowest BCUT2D eigenvalue weighted by molar-refractivity contribution is -0.138. The molecule has 0 radical (unpaired) electrons. The van der Waals surface area contributed by atoms with Crippen LogP contribution in [0.25, 0.3) is 0 Å². The second kappa shape index (κ2) is 26.8. The van der Waals surface area contributed by atoms with E-state index in [4.69, 9.17) is 4.74 Å². The van der Waals surface area contributed by atoms with Crippen molar-refractivity contribution in [2.45, 2.75) is 149 Å². The monoisotopic (exact) mass is 921 g/mol. The Hall–Kier alpha value is -6.04. The highest BCUT2D eigenvalue weighted by atomic mass is 16.6. The number of ether oxygens (including phenoxy) is 1. The van der Waals surface area contributed by atoms with Crippen LogP contribution in [-0.4, -0.2) is 113 Å². The quantitative estimate of drug-likeness (QED) is 0.0714. The second-order valence-corrected chi connectivity index (χ2v) is 18.6. The van der Waals surface area contributed by atoms with Gasteiger partial charge in [-0.25, -0.2) is 4.79 Å². The van der Waals surface area contributed by atoms with E-state index in [1.165, 1.54) is 11.8 Å². The van der Waals surface area contributed by atoms with E-state index in [-0.39, 0.29) is 63.0 Å². The van der Waals surface area contributed by atoms with E-state index in [9.17, 15) is 43.5 Å². The highest BCUT2D eigenvalue weighted by Gasteiger charge is 2.35. The summed E-state index contributed by atoms with van der Waals surface area (Å²) in [6.45, 7) is 14.0. The fourth-order valence-corrected chi connectivity index (χ4v) is 7.40. The van der Waals surface area contributed by atoms with Gasteiger partial charge in [0.1, 0.15) is 35.8 Å². The highest BCUT2D eigenvalue weighted by molar-refractivity contribution is 5.99. The molecule has 364 valence electrons. The van der Waals surface area contributed by atoms with Gasteiger partial charge in [0.2, 0.25) is 41.4 Å². The molecular formula is C48H72N8O10. The Labute approximate surface area is 388 Å². The van der Waals surface area contributed by atoms with Crippen LogP contribution in [0.2, 0.25) is 0 Å². The SMILES string of the molecule is CC(=O)N1CCC[C@H]1C(=O)N[C@@H](CC(C)C)C(=O)NCC(=O)N[C@@H](CCc1ccccc1)C(=O)N[C@@H](CCCNC(=O)OC(C)(C)C)C(=O)N[C@@H](CC(C)C)C(=O)Nc1ccc(CO)cc1. The molecular weight excluding hydrogens is 849 g/mol. The van der Waals surface area contributed by atoms with Gasteiger partial charge in [-0.05, 0) is 107 Å². The molecule has 3 rings (SSSR count). The van der Waals surface area contributed by atoms with E-state index in [1.54, 1.807) is 45.0 Å². The number of nitrogens with one attached hydrogen (secondary N) is 7. The number of carbonyl (C=O) groups excluding carboxylic acids is 8. The number of amides is 8. The van der Waals surface area contributed by atoms with Crippen molar-refractivity contribution in [3.63, 3.8) is 0 Å². The third-order valence-corrected chi connectivity index (χ3v) is 10.7. The van der Waals surface area contributed by atoms with Gasteiger partial charge in [-0.3, -0.25) is 33.6 Å². The first kappa shape index (κ1) is 54.3. The number of likely N-dealkylation sites (tertiary alicyclic amines) is 1. The van der Waals surface area contributed by atoms with Gasteiger partial charge in [-0.15, -0.1) is 0 Å². The lowest BCUT2D eigenvalue weighted by Crippen LogP contribution is -2.57. The summed E-state index contributed by atoms with van der Waals surface area (Å²) in [5.41, 5.74) is 1.25. The number of hydrogen-bond acceptors (Lipinski definition) is 10. The third kappa shape index (κ3) is 19.6. The van der Waals surface area contributed by atoms with Crippen LogP contribution in [0.3, 0.4) is 0 Å². The van der Waals surface area contributed by atoms with E-state index in [0.29, 0.717) is 37.1 Å². The van der Waals surface area contributed by atoms with Gasteiger partial charge >= 0.3 is 6.09 Å². The minimum absolute atomic E-state index is 0.00789. The van der Waals surface area contributed by atoms with Crippen molar-refractivity contribution in [1.82, 2.24) is 36.8 Å². The molecule has 0 aromatic heterocycles. The average Bonchev–Trinajstić information content (AvgIpc) is 3.75. The van der Waals surface area contributed by atoms with Gasteiger partial charge in [0.25, 0.3) is 0 Å². The number of benzene rings is 2. The summed E-state index contributed by atoms with van der Waals surface area (Å²) in [4.78, 5) is 108. The minimum Gasteiger partial charge on any atom is -0.444 e. The largest absolute Gasteiger partial charge is 0.444 e. The van der Waals surface area contributed by atoms with Gasteiger partial charge in [0, 0.05) is 25.7 Å². The van der Waals surface area contributed by atoms with Crippen LogP contribution in [0.15, 0.2) is 54.6 Å². The number of nitrogens with zero attached hydrogens (tertiary/aromatic N) is 1. The zero-order valence-corrected chi connectivity index (χ0v) is 39.8. The Balaban J connectivity index is 1.81. The molecule has 1 fully saturated rings. The lowest BCUT2D eigenvalue weighted by Gasteiger charge is -2.27. The Morgan fingerprint density at radius 1 is 0.712 bits per heavy atom. The van der Waals surface area contributed by atoms with Gasteiger partial charge in [-0.2, -0.15) is 0 Å². The predicted molar refractivity (Wildman–Crippen MR) is 249 cm³/mol. The molecule has 1 aliphatic rings.